The summed E-state index contributed by atoms with van der Waals surface area (Å²) in [6.07, 6.45) is 0. The smallest absolute Gasteiger partial charge is 0.0468 e. The average molecular weight is 490 g/mol. The molecule has 184 valence electrons. The third-order valence-corrected chi connectivity index (χ3v) is 8.26. The second kappa shape index (κ2) is 8.33. The van der Waals surface area contributed by atoms with Gasteiger partial charge in [0, 0.05) is 22.5 Å². The quantitative estimate of drug-likeness (QED) is 0.223. The maximum Gasteiger partial charge on any atom is 0.0468 e. The Morgan fingerprint density at radius 3 is 1.92 bits per heavy atom. The van der Waals surface area contributed by atoms with Crippen LogP contribution in [0.4, 0.5) is 17.1 Å². The Hall–Kier alpha value is -4.36. The number of benzene rings is 6. The normalized spacial score (nSPS) is 13.5. The van der Waals surface area contributed by atoms with Gasteiger partial charge in [-0.15, -0.1) is 0 Å². The van der Waals surface area contributed by atoms with Gasteiger partial charge in [0.25, 0.3) is 0 Å². The molecule has 38 heavy (non-hydrogen) atoms. The molecule has 0 N–H and O–H groups in total. The molecule has 0 aliphatic heterocycles. The number of fused-ring (bicyclic) bond motifs is 6. The monoisotopic (exact) mass is 489 g/mol. The molecule has 0 fully saturated rings. The molecule has 7 rings (SSSR count). The van der Waals surface area contributed by atoms with E-state index in [0.717, 1.165) is 5.69 Å². The van der Waals surface area contributed by atoms with E-state index in [-0.39, 0.29) is 5.41 Å². The van der Waals surface area contributed by atoms with E-state index in [2.05, 4.69) is 148 Å². The number of nitrogens with zero attached hydrogens (tertiary/aromatic N) is 1. The first-order valence-corrected chi connectivity index (χ1v) is 13.4. The van der Waals surface area contributed by atoms with E-state index in [1.54, 1.807) is 0 Å². The van der Waals surface area contributed by atoms with E-state index in [1.165, 1.54) is 66.3 Å². The van der Waals surface area contributed by atoms with Crippen molar-refractivity contribution in [1.82, 2.24) is 0 Å². The van der Waals surface area contributed by atoms with Gasteiger partial charge in [-0.25, -0.2) is 0 Å². The lowest BCUT2D eigenvalue weighted by atomic mass is 9.81. The number of aryl methyl sites for hydroxylation is 2. The molecule has 0 atom stereocenters. The predicted octanol–water partition coefficient (Wildman–Crippen LogP) is 10.4. The van der Waals surface area contributed by atoms with Gasteiger partial charge in [-0.2, -0.15) is 0 Å². The minimum absolute atomic E-state index is 0.0188. The topological polar surface area (TPSA) is 3.24 Å². The van der Waals surface area contributed by atoms with Gasteiger partial charge in [0.15, 0.2) is 0 Å². The molecule has 0 saturated carbocycles. The number of hydrogen-bond donors (Lipinski definition) is 0. The average Bonchev–Trinajstić information content (AvgIpc) is 3.14. The van der Waals surface area contributed by atoms with Gasteiger partial charge in [-0.05, 0) is 117 Å². The second-order valence-electron chi connectivity index (χ2n) is 11.3. The minimum Gasteiger partial charge on any atom is -0.310 e. The van der Waals surface area contributed by atoms with Crippen molar-refractivity contribution in [2.24, 2.45) is 0 Å². The largest absolute Gasteiger partial charge is 0.310 e. The molecule has 1 heteroatoms. The van der Waals surface area contributed by atoms with Gasteiger partial charge < -0.3 is 4.90 Å². The van der Waals surface area contributed by atoms with Crippen LogP contribution in [-0.2, 0) is 5.41 Å². The summed E-state index contributed by atoms with van der Waals surface area (Å²) in [5, 5.41) is 5.17. The van der Waals surface area contributed by atoms with Crippen molar-refractivity contribution < 1.29 is 0 Å². The van der Waals surface area contributed by atoms with E-state index in [1.807, 2.05) is 0 Å². The summed E-state index contributed by atoms with van der Waals surface area (Å²) in [5.74, 6) is 0. The number of hydrogen-bond acceptors (Lipinski definition) is 1. The van der Waals surface area contributed by atoms with E-state index in [4.69, 9.17) is 0 Å². The Kier molecular flexibility index (Phi) is 5.00. The zero-order valence-electron chi connectivity index (χ0n) is 22.4. The first-order chi connectivity index (χ1) is 18.4. The zero-order chi connectivity index (χ0) is 26.0. The Morgan fingerprint density at radius 2 is 1.13 bits per heavy atom. The number of anilines is 3. The summed E-state index contributed by atoms with van der Waals surface area (Å²) in [5.41, 5.74) is 11.6. The van der Waals surface area contributed by atoms with Crippen molar-refractivity contribution in [2.45, 2.75) is 33.1 Å². The van der Waals surface area contributed by atoms with E-state index >= 15 is 0 Å². The summed E-state index contributed by atoms with van der Waals surface area (Å²) >= 11 is 0. The van der Waals surface area contributed by atoms with E-state index < -0.39 is 0 Å². The lowest BCUT2D eigenvalue weighted by Gasteiger charge is -2.27. The highest BCUT2D eigenvalue weighted by atomic mass is 15.1. The van der Waals surface area contributed by atoms with Crippen LogP contribution in [0.1, 0.15) is 36.1 Å². The van der Waals surface area contributed by atoms with Crippen LogP contribution in [0.15, 0.2) is 115 Å². The van der Waals surface area contributed by atoms with Crippen LogP contribution in [0.25, 0.3) is 32.7 Å². The summed E-state index contributed by atoms with van der Waals surface area (Å²) in [7, 11) is 0. The molecule has 6 aromatic rings. The molecule has 0 saturated heterocycles. The highest BCUT2D eigenvalue weighted by molar-refractivity contribution is 6.11. The van der Waals surface area contributed by atoms with Crippen LogP contribution >= 0.6 is 0 Å². The molecule has 0 bridgehead atoms. The highest BCUT2D eigenvalue weighted by Crippen LogP contribution is 2.50. The lowest BCUT2D eigenvalue weighted by molar-refractivity contribution is 0.661. The Morgan fingerprint density at radius 1 is 0.474 bits per heavy atom. The van der Waals surface area contributed by atoms with Gasteiger partial charge in [0.05, 0.1) is 0 Å². The van der Waals surface area contributed by atoms with Crippen molar-refractivity contribution in [2.75, 3.05) is 4.90 Å². The maximum atomic E-state index is 2.46. The van der Waals surface area contributed by atoms with Crippen LogP contribution in [0, 0.1) is 13.8 Å². The summed E-state index contributed by atoms with van der Waals surface area (Å²) < 4.78 is 0. The fraction of sp³-hybridized carbons (Fsp3) is 0.135. The van der Waals surface area contributed by atoms with Gasteiger partial charge in [0.1, 0.15) is 0 Å². The van der Waals surface area contributed by atoms with Gasteiger partial charge >= 0.3 is 0 Å². The molecule has 0 unspecified atom stereocenters. The van der Waals surface area contributed by atoms with Crippen LogP contribution in [0.2, 0.25) is 0 Å². The van der Waals surface area contributed by atoms with Crippen molar-refractivity contribution in [3.63, 3.8) is 0 Å². The van der Waals surface area contributed by atoms with Crippen LogP contribution in [0.3, 0.4) is 0 Å². The SMILES string of the molecule is Cc1cc(C)cc(N(c2ccccc2)c2ccc3ccc4cc5c(cc4c3c2)C(C)(C)c2ccccc2-5)c1. The molecule has 0 amide bonds. The van der Waals surface area contributed by atoms with Gasteiger partial charge in [0.2, 0.25) is 0 Å². The summed E-state index contributed by atoms with van der Waals surface area (Å²) in [4.78, 5) is 2.38. The lowest BCUT2D eigenvalue weighted by Crippen LogP contribution is -2.14. The summed E-state index contributed by atoms with van der Waals surface area (Å²) in [6.45, 7) is 9.07. The molecule has 1 aliphatic carbocycles. The number of rotatable bonds is 3. The van der Waals surface area contributed by atoms with E-state index in [9.17, 15) is 0 Å². The van der Waals surface area contributed by atoms with Gasteiger partial charge in [-0.1, -0.05) is 80.6 Å². The maximum absolute atomic E-state index is 2.46. The standard InChI is InChI=1S/C37H31N/c1-24-18-25(2)20-30(19-24)38(28-10-6-5-7-11-28)29-17-16-26-14-15-27-21-34-31-12-8-9-13-35(31)37(3,4)36(34)23-33(27)32(26)22-29/h5-23H,1-4H3. The Bertz CT molecular complexity index is 1840. The molecule has 6 aromatic carbocycles. The summed E-state index contributed by atoms with van der Waals surface area (Å²) in [6, 6.07) is 42.7. The fourth-order valence-electron chi connectivity index (χ4n) is 6.48. The molecule has 0 radical (unpaired) electrons. The highest BCUT2D eigenvalue weighted by Gasteiger charge is 2.35. The van der Waals surface area contributed by atoms with Crippen molar-refractivity contribution in [1.29, 1.82) is 0 Å². The van der Waals surface area contributed by atoms with Crippen LogP contribution < -0.4 is 4.90 Å². The fourth-order valence-corrected chi connectivity index (χ4v) is 6.48. The number of para-hydroxylation sites is 1. The molecular weight excluding hydrogens is 458 g/mol. The van der Waals surface area contributed by atoms with Crippen molar-refractivity contribution >= 4 is 38.6 Å². The predicted molar refractivity (Wildman–Crippen MR) is 163 cm³/mol. The molecule has 0 heterocycles. The minimum atomic E-state index is -0.0188. The van der Waals surface area contributed by atoms with Crippen LogP contribution in [0.5, 0.6) is 0 Å². The Balaban J connectivity index is 1.48. The third kappa shape index (κ3) is 3.46. The first kappa shape index (κ1) is 22.8. The second-order valence-corrected chi connectivity index (χ2v) is 11.3. The Labute approximate surface area is 225 Å². The third-order valence-electron chi connectivity index (χ3n) is 8.26. The molecule has 1 nitrogen and oxygen atoms in total. The first-order valence-electron chi connectivity index (χ1n) is 13.4. The molecule has 0 spiro atoms. The zero-order valence-corrected chi connectivity index (χ0v) is 22.4. The molecule has 0 aromatic heterocycles. The van der Waals surface area contributed by atoms with Crippen LogP contribution in [-0.4, -0.2) is 0 Å². The van der Waals surface area contributed by atoms with Crippen molar-refractivity contribution in [3.8, 4) is 11.1 Å². The van der Waals surface area contributed by atoms with Crippen molar-refractivity contribution in [3.05, 3.63) is 138 Å². The van der Waals surface area contributed by atoms with E-state index in [0.29, 0.717) is 0 Å². The van der Waals surface area contributed by atoms with Gasteiger partial charge in [-0.3, -0.25) is 0 Å². The molecular formula is C37H31N. The molecule has 1 aliphatic rings.